The van der Waals surface area contributed by atoms with Crippen LogP contribution in [0.25, 0.3) is 0 Å². The highest BCUT2D eigenvalue weighted by molar-refractivity contribution is 9.10. The Morgan fingerprint density at radius 1 is 1.14 bits per heavy atom. The first kappa shape index (κ1) is 15.5. The van der Waals surface area contributed by atoms with Crippen LogP contribution in [0.3, 0.4) is 0 Å². The summed E-state index contributed by atoms with van der Waals surface area (Å²) in [5.74, 6) is 0.924. The first-order valence-electron chi connectivity index (χ1n) is 8.42. The lowest BCUT2D eigenvalue weighted by molar-refractivity contribution is 0.0455. The summed E-state index contributed by atoms with van der Waals surface area (Å²) in [6.45, 7) is 2.26. The molecule has 1 saturated heterocycles. The maximum absolute atomic E-state index is 10.5. The van der Waals surface area contributed by atoms with Crippen LogP contribution in [-0.2, 0) is 0 Å². The van der Waals surface area contributed by atoms with E-state index >= 15 is 0 Å². The third-order valence-corrected chi connectivity index (χ3v) is 6.03. The van der Waals surface area contributed by atoms with E-state index in [1.165, 1.54) is 45.1 Å². The number of benzene rings is 1. The number of aliphatic hydroxyl groups is 1. The summed E-state index contributed by atoms with van der Waals surface area (Å²) < 4.78 is 1.02. The molecule has 1 saturated carbocycles. The summed E-state index contributed by atoms with van der Waals surface area (Å²) in [6, 6.07) is 8.82. The lowest BCUT2D eigenvalue weighted by Gasteiger charge is -2.44. The second kappa shape index (κ2) is 7.26. The number of rotatable bonds is 4. The van der Waals surface area contributed by atoms with Gasteiger partial charge >= 0.3 is 0 Å². The van der Waals surface area contributed by atoms with Crippen LogP contribution in [0.15, 0.2) is 28.7 Å². The fourth-order valence-electron chi connectivity index (χ4n) is 4.19. The molecule has 1 aromatic rings. The first-order valence-corrected chi connectivity index (χ1v) is 9.21. The zero-order chi connectivity index (χ0) is 14.7. The molecule has 0 amide bonds. The number of fused-ring (bicyclic) bond motifs is 1. The number of hydrogen-bond acceptors (Lipinski definition) is 2. The smallest absolute Gasteiger partial charge is 0.0813 e. The van der Waals surface area contributed by atoms with Crippen LogP contribution in [0.2, 0.25) is 0 Å². The van der Waals surface area contributed by atoms with Crippen LogP contribution >= 0.6 is 15.9 Å². The third kappa shape index (κ3) is 3.69. The van der Waals surface area contributed by atoms with E-state index in [0.717, 1.165) is 35.0 Å². The number of piperidine rings is 1. The number of aliphatic hydroxyl groups excluding tert-OH is 1. The van der Waals surface area contributed by atoms with Crippen molar-refractivity contribution in [3.63, 3.8) is 0 Å². The molecule has 1 aliphatic heterocycles. The standard InChI is InChI=1S/C18H26BrNO/c19-16-9-3-2-8-15(16)18(21)11-13-20-12-5-7-14-6-1-4-10-17(14)20/h2-3,8-9,14,17-18,21H,1,4-7,10-13H2/t14-,17-,18?/m1/s1. The molecule has 1 N–H and O–H groups in total. The van der Waals surface area contributed by atoms with E-state index in [-0.39, 0.29) is 6.10 Å². The van der Waals surface area contributed by atoms with Gasteiger partial charge < -0.3 is 10.0 Å². The minimum Gasteiger partial charge on any atom is -0.388 e. The third-order valence-electron chi connectivity index (χ3n) is 5.31. The Hall–Kier alpha value is -0.380. The Morgan fingerprint density at radius 2 is 1.90 bits per heavy atom. The minimum atomic E-state index is -0.357. The van der Waals surface area contributed by atoms with Gasteiger partial charge in [0.15, 0.2) is 0 Å². The van der Waals surface area contributed by atoms with Crippen molar-refractivity contribution in [1.82, 2.24) is 4.90 Å². The van der Waals surface area contributed by atoms with Crippen LogP contribution in [0, 0.1) is 5.92 Å². The fourth-order valence-corrected chi connectivity index (χ4v) is 4.74. The first-order chi connectivity index (χ1) is 10.3. The molecule has 0 spiro atoms. The zero-order valence-electron chi connectivity index (χ0n) is 12.7. The lowest BCUT2D eigenvalue weighted by atomic mass is 9.78. The fraction of sp³-hybridized carbons (Fsp3) is 0.667. The van der Waals surface area contributed by atoms with Gasteiger partial charge in [-0.3, -0.25) is 0 Å². The van der Waals surface area contributed by atoms with E-state index < -0.39 is 0 Å². The predicted molar refractivity (Wildman–Crippen MR) is 90.3 cm³/mol. The molecule has 2 aliphatic rings. The van der Waals surface area contributed by atoms with Crippen molar-refractivity contribution >= 4 is 15.9 Å². The number of halogens is 1. The normalized spacial score (nSPS) is 28.1. The summed E-state index contributed by atoms with van der Waals surface area (Å²) in [6.07, 6.45) is 8.86. The number of hydrogen-bond donors (Lipinski definition) is 1. The molecule has 1 unspecified atom stereocenters. The highest BCUT2D eigenvalue weighted by Crippen LogP contribution is 2.36. The second-order valence-corrected chi connectivity index (χ2v) is 7.47. The minimum absolute atomic E-state index is 0.357. The monoisotopic (exact) mass is 351 g/mol. The predicted octanol–water partition coefficient (Wildman–Crippen LogP) is 4.53. The van der Waals surface area contributed by atoms with Crippen molar-refractivity contribution in [3.8, 4) is 0 Å². The second-order valence-electron chi connectivity index (χ2n) is 6.62. The van der Waals surface area contributed by atoms with Crippen LogP contribution in [0.1, 0.15) is 56.6 Å². The van der Waals surface area contributed by atoms with Gasteiger partial charge in [-0.05, 0) is 56.2 Å². The van der Waals surface area contributed by atoms with E-state index in [4.69, 9.17) is 0 Å². The van der Waals surface area contributed by atoms with Crippen molar-refractivity contribution in [2.75, 3.05) is 13.1 Å². The van der Waals surface area contributed by atoms with Gasteiger partial charge in [-0.1, -0.05) is 47.0 Å². The SMILES string of the molecule is OC(CCN1CCC[C@H]2CCCC[C@H]21)c1ccccc1Br. The molecule has 21 heavy (non-hydrogen) atoms. The molecule has 3 heteroatoms. The molecule has 0 radical (unpaired) electrons. The summed E-state index contributed by atoms with van der Waals surface area (Å²) >= 11 is 3.54. The van der Waals surface area contributed by atoms with Gasteiger partial charge in [0.1, 0.15) is 0 Å². The van der Waals surface area contributed by atoms with Crippen molar-refractivity contribution in [1.29, 1.82) is 0 Å². The molecule has 116 valence electrons. The van der Waals surface area contributed by atoms with Gasteiger partial charge in [0.2, 0.25) is 0 Å². The van der Waals surface area contributed by atoms with E-state index in [1.807, 2.05) is 24.3 Å². The molecular formula is C18H26BrNO. The van der Waals surface area contributed by atoms with Gasteiger partial charge in [-0.15, -0.1) is 0 Å². The summed E-state index contributed by atoms with van der Waals surface area (Å²) in [4.78, 5) is 2.66. The molecule has 3 atom stereocenters. The Kier molecular flexibility index (Phi) is 5.36. The molecule has 1 aliphatic carbocycles. The molecule has 2 nitrogen and oxygen atoms in total. The van der Waals surface area contributed by atoms with Gasteiger partial charge in [0, 0.05) is 17.1 Å². The quantitative estimate of drug-likeness (QED) is 0.861. The van der Waals surface area contributed by atoms with Crippen LogP contribution in [-0.4, -0.2) is 29.1 Å². The zero-order valence-corrected chi connectivity index (χ0v) is 14.3. The van der Waals surface area contributed by atoms with Crippen molar-refractivity contribution in [2.45, 2.75) is 57.1 Å². The summed E-state index contributed by atoms with van der Waals surface area (Å²) in [5, 5.41) is 10.5. The molecular weight excluding hydrogens is 326 g/mol. The van der Waals surface area contributed by atoms with Crippen molar-refractivity contribution < 1.29 is 5.11 Å². The Morgan fingerprint density at radius 3 is 2.76 bits per heavy atom. The van der Waals surface area contributed by atoms with Crippen LogP contribution in [0.4, 0.5) is 0 Å². The van der Waals surface area contributed by atoms with E-state index in [2.05, 4.69) is 20.8 Å². The van der Waals surface area contributed by atoms with Crippen molar-refractivity contribution in [2.24, 2.45) is 5.92 Å². The molecule has 1 aromatic carbocycles. The van der Waals surface area contributed by atoms with Crippen LogP contribution in [0.5, 0.6) is 0 Å². The number of nitrogens with zero attached hydrogens (tertiary/aromatic N) is 1. The number of likely N-dealkylation sites (tertiary alicyclic amines) is 1. The molecule has 2 fully saturated rings. The lowest BCUT2D eigenvalue weighted by Crippen LogP contribution is -2.47. The Bertz CT molecular complexity index is 462. The van der Waals surface area contributed by atoms with Gasteiger partial charge in [-0.25, -0.2) is 0 Å². The summed E-state index contributed by atoms with van der Waals surface area (Å²) in [5.41, 5.74) is 1.02. The highest BCUT2D eigenvalue weighted by Gasteiger charge is 2.33. The average Bonchev–Trinajstić information content (AvgIpc) is 2.53. The summed E-state index contributed by atoms with van der Waals surface area (Å²) in [7, 11) is 0. The maximum atomic E-state index is 10.5. The Balaban J connectivity index is 1.58. The highest BCUT2D eigenvalue weighted by atomic mass is 79.9. The van der Waals surface area contributed by atoms with Crippen LogP contribution < -0.4 is 0 Å². The van der Waals surface area contributed by atoms with Gasteiger partial charge in [-0.2, -0.15) is 0 Å². The van der Waals surface area contributed by atoms with Gasteiger partial charge in [0.25, 0.3) is 0 Å². The molecule has 0 bridgehead atoms. The average molecular weight is 352 g/mol. The largest absolute Gasteiger partial charge is 0.388 e. The topological polar surface area (TPSA) is 23.5 Å². The van der Waals surface area contributed by atoms with E-state index in [9.17, 15) is 5.11 Å². The molecule has 3 rings (SSSR count). The van der Waals surface area contributed by atoms with E-state index in [0.29, 0.717) is 0 Å². The van der Waals surface area contributed by atoms with Gasteiger partial charge in [0.05, 0.1) is 6.10 Å². The Labute approximate surface area is 136 Å². The van der Waals surface area contributed by atoms with Crippen molar-refractivity contribution in [3.05, 3.63) is 34.3 Å². The maximum Gasteiger partial charge on any atom is 0.0813 e. The molecule has 1 heterocycles. The molecule has 0 aromatic heterocycles. The van der Waals surface area contributed by atoms with E-state index in [1.54, 1.807) is 0 Å².